The molecule has 0 spiro atoms. The van der Waals surface area contributed by atoms with Gasteiger partial charge >= 0.3 is 48.2 Å². The number of carbonyl (C=O) groups is 6. The highest BCUT2D eigenvalue weighted by molar-refractivity contribution is 6.30. The second-order valence-corrected chi connectivity index (χ2v) is 15.6. The monoisotopic (exact) mass is 1000 g/mol. The first-order valence-corrected chi connectivity index (χ1v) is 21.9. The third-order valence-corrected chi connectivity index (χ3v) is 10.2. The molecule has 0 aliphatic heterocycles. The van der Waals surface area contributed by atoms with Gasteiger partial charge in [-0.15, -0.1) is 0 Å². The van der Waals surface area contributed by atoms with Crippen LogP contribution < -0.4 is 4.74 Å². The molecule has 3 aromatic rings. The van der Waals surface area contributed by atoms with Crippen LogP contribution in [0.1, 0.15) is 70.4 Å². The van der Waals surface area contributed by atoms with Crippen molar-refractivity contribution in [3.63, 3.8) is 0 Å². The minimum Gasteiger partial charge on any atom is -0.492 e. The molecule has 0 radical (unpaired) electrons. The fourth-order valence-electron chi connectivity index (χ4n) is 6.35. The van der Waals surface area contributed by atoms with Gasteiger partial charge < -0.3 is 33.2 Å². The zero-order valence-electron chi connectivity index (χ0n) is 38.5. The van der Waals surface area contributed by atoms with Crippen LogP contribution in [-0.4, -0.2) is 94.4 Å². The van der Waals surface area contributed by atoms with E-state index in [1.165, 1.54) is 26.0 Å². The van der Waals surface area contributed by atoms with E-state index in [-0.39, 0.29) is 48.5 Å². The maximum absolute atomic E-state index is 16.0. The van der Waals surface area contributed by atoms with Crippen molar-refractivity contribution < 1.29 is 97.0 Å². The van der Waals surface area contributed by atoms with E-state index in [1.807, 2.05) is 12.1 Å². The first-order valence-electron chi connectivity index (χ1n) is 21.9. The number of hydrogen-bond donors (Lipinski definition) is 0. The Hall–Kier alpha value is -6.80. The van der Waals surface area contributed by atoms with E-state index in [0.29, 0.717) is 5.56 Å². The smallest absolute Gasteiger partial charge is 0.422 e. The molecule has 70 heavy (non-hydrogen) atoms. The summed E-state index contributed by atoms with van der Waals surface area (Å²) in [6, 6.07) is 12.9. The summed E-state index contributed by atoms with van der Waals surface area (Å²) in [5.74, 6) is -12.6. The van der Waals surface area contributed by atoms with Gasteiger partial charge in [0.05, 0.1) is 25.4 Å². The first-order chi connectivity index (χ1) is 33.0. The molecule has 0 heterocycles. The zero-order valence-corrected chi connectivity index (χ0v) is 38.5. The SMILES string of the molecule is C=C(C(=O)OCCCc1cc(-c2c(F)cc(-c3ccc(CCCCCCC)cc3)cc2F)ccc1OCC(COC(=O)C(=C)C(F)(F)F)(COC(=O)C(=O)OCC)COC(=O)C(=O)OCC)C(F)(F)F. The van der Waals surface area contributed by atoms with Crippen LogP contribution in [0.3, 0.4) is 0 Å². The number of unbranched alkanes of at least 4 members (excludes halogenated alkanes) is 4. The highest BCUT2D eigenvalue weighted by Crippen LogP contribution is 2.36. The van der Waals surface area contributed by atoms with Crippen molar-refractivity contribution in [3.8, 4) is 28.0 Å². The average Bonchev–Trinajstić information content (AvgIpc) is 3.31. The van der Waals surface area contributed by atoms with E-state index in [4.69, 9.17) is 23.7 Å². The molecule has 0 aliphatic carbocycles. The number of benzene rings is 3. The quantitative estimate of drug-likeness (QED) is 0.0197. The van der Waals surface area contributed by atoms with Crippen molar-refractivity contribution in [2.45, 2.75) is 84.5 Å². The van der Waals surface area contributed by atoms with Crippen LogP contribution in [-0.2, 0) is 70.0 Å². The Balaban J connectivity index is 2.09. The van der Waals surface area contributed by atoms with Crippen LogP contribution >= 0.6 is 0 Å². The largest absolute Gasteiger partial charge is 0.492 e. The minimum absolute atomic E-state index is 0.000244. The Labute approximate surface area is 398 Å². The topological polar surface area (TPSA) is 167 Å². The van der Waals surface area contributed by atoms with Crippen molar-refractivity contribution in [1.82, 2.24) is 0 Å². The second-order valence-electron chi connectivity index (χ2n) is 15.6. The van der Waals surface area contributed by atoms with Crippen LogP contribution in [0.4, 0.5) is 35.1 Å². The van der Waals surface area contributed by atoms with Crippen molar-refractivity contribution in [2.75, 3.05) is 46.2 Å². The minimum atomic E-state index is -5.30. The number of hydrogen-bond acceptors (Lipinski definition) is 13. The predicted octanol–water partition coefficient (Wildman–Crippen LogP) is 9.65. The molecule has 0 atom stereocenters. The Morgan fingerprint density at radius 3 is 1.47 bits per heavy atom. The molecule has 0 unspecified atom stereocenters. The molecule has 13 nitrogen and oxygen atoms in total. The van der Waals surface area contributed by atoms with Gasteiger partial charge in [-0.1, -0.05) is 76.1 Å². The number of aryl methyl sites for hydroxylation is 2. The standard InChI is InChI=1S/C49H52F8O13/c1-6-9-10-11-12-14-32-16-18-33(19-17-32)36-24-37(50)40(38(51)25-36)35-20-21-39(34(23-35)15-13-22-66-41(58)30(4)48(52,53)54)67-26-47(28-69-45(62)43(60)64-7-2,29-70-46(63)44(61)65-8-3)27-68-42(59)31(5)49(55,56)57/h16-21,23-25H,4-15,22,26-29H2,1-3H3. The van der Waals surface area contributed by atoms with E-state index in [2.05, 4.69) is 29.6 Å². The Bertz CT molecular complexity index is 2280. The molecule has 21 heteroatoms. The molecule has 3 rings (SSSR count). The Morgan fingerprint density at radius 2 is 0.971 bits per heavy atom. The number of rotatable bonds is 25. The third kappa shape index (κ3) is 17.6. The molecule has 0 amide bonds. The number of carbonyl (C=O) groups excluding carboxylic acids is 6. The van der Waals surface area contributed by atoms with E-state index >= 15 is 8.78 Å². The second kappa shape index (κ2) is 26.8. The van der Waals surface area contributed by atoms with Crippen molar-refractivity contribution in [1.29, 1.82) is 0 Å². The summed E-state index contributed by atoms with van der Waals surface area (Å²) >= 11 is 0. The lowest BCUT2D eigenvalue weighted by Crippen LogP contribution is -2.45. The summed E-state index contributed by atoms with van der Waals surface area (Å²) in [4.78, 5) is 73.9. The van der Waals surface area contributed by atoms with Gasteiger partial charge in [-0.25, -0.2) is 37.5 Å². The molecule has 0 saturated heterocycles. The molecular formula is C49H52F8O13. The van der Waals surface area contributed by atoms with Crippen molar-refractivity contribution in [2.24, 2.45) is 5.41 Å². The summed E-state index contributed by atoms with van der Waals surface area (Å²) in [6.07, 6.45) is -4.70. The van der Waals surface area contributed by atoms with E-state index in [9.17, 15) is 55.1 Å². The summed E-state index contributed by atoms with van der Waals surface area (Å²) in [6.45, 7) is 4.25. The van der Waals surface area contributed by atoms with Crippen LogP contribution in [0.5, 0.6) is 5.75 Å². The van der Waals surface area contributed by atoms with Gasteiger partial charge in [0.15, 0.2) is 0 Å². The van der Waals surface area contributed by atoms with Gasteiger partial charge in [-0.2, -0.15) is 26.3 Å². The van der Waals surface area contributed by atoms with Crippen LogP contribution in [0, 0.1) is 17.0 Å². The third-order valence-electron chi connectivity index (χ3n) is 10.2. The predicted molar refractivity (Wildman–Crippen MR) is 233 cm³/mol. The highest BCUT2D eigenvalue weighted by atomic mass is 19.4. The molecule has 3 aromatic carbocycles. The maximum atomic E-state index is 16.0. The lowest BCUT2D eigenvalue weighted by atomic mass is 9.91. The summed E-state index contributed by atoms with van der Waals surface area (Å²) < 4.78 is 146. The summed E-state index contributed by atoms with van der Waals surface area (Å²) in [5, 5.41) is 0. The fourth-order valence-corrected chi connectivity index (χ4v) is 6.35. The molecule has 0 saturated carbocycles. The van der Waals surface area contributed by atoms with Crippen molar-refractivity contribution in [3.05, 3.63) is 102 Å². The van der Waals surface area contributed by atoms with Gasteiger partial charge in [-0.3, -0.25) is 0 Å². The van der Waals surface area contributed by atoms with Crippen LogP contribution in [0.2, 0.25) is 0 Å². The lowest BCUT2D eigenvalue weighted by Gasteiger charge is -2.32. The average molecular weight is 1000 g/mol. The molecule has 0 fully saturated rings. The van der Waals surface area contributed by atoms with Crippen LogP contribution in [0.15, 0.2) is 78.9 Å². The number of alkyl halides is 6. The summed E-state index contributed by atoms with van der Waals surface area (Å²) in [5.41, 5.74) is -4.98. The molecule has 0 N–H and O–H groups in total. The maximum Gasteiger partial charge on any atom is 0.422 e. The van der Waals surface area contributed by atoms with Gasteiger partial charge in [-0.05, 0) is 91.6 Å². The fraction of sp³-hybridized carbons (Fsp3) is 0.429. The normalized spacial score (nSPS) is 11.5. The van der Waals surface area contributed by atoms with Gasteiger partial charge in [0.2, 0.25) is 0 Å². The molecular weight excluding hydrogens is 949 g/mol. The van der Waals surface area contributed by atoms with Gasteiger partial charge in [0.25, 0.3) is 0 Å². The van der Waals surface area contributed by atoms with E-state index in [1.54, 1.807) is 12.1 Å². The van der Waals surface area contributed by atoms with Crippen molar-refractivity contribution >= 4 is 35.8 Å². The number of ether oxygens (including phenoxy) is 7. The first kappa shape index (κ1) is 57.5. The van der Waals surface area contributed by atoms with Crippen LogP contribution in [0.25, 0.3) is 22.3 Å². The van der Waals surface area contributed by atoms with E-state index < -0.39 is 115 Å². The molecule has 0 aromatic heterocycles. The Kier molecular flexibility index (Phi) is 22.0. The van der Waals surface area contributed by atoms with E-state index in [0.717, 1.165) is 62.3 Å². The van der Waals surface area contributed by atoms with Gasteiger partial charge in [0, 0.05) is 0 Å². The summed E-state index contributed by atoms with van der Waals surface area (Å²) in [7, 11) is 0. The zero-order chi connectivity index (χ0) is 52.2. The van der Waals surface area contributed by atoms with Gasteiger partial charge in [0.1, 0.15) is 60.4 Å². The Morgan fingerprint density at radius 1 is 0.500 bits per heavy atom. The molecule has 382 valence electrons. The number of esters is 6. The molecule has 0 aliphatic rings. The highest BCUT2D eigenvalue weighted by Gasteiger charge is 2.43. The number of halogens is 8. The molecule has 0 bridgehead atoms. The lowest BCUT2D eigenvalue weighted by molar-refractivity contribution is -0.179.